The van der Waals surface area contributed by atoms with Crippen LogP contribution in [0.2, 0.25) is 0 Å². The summed E-state index contributed by atoms with van der Waals surface area (Å²) in [7, 11) is -3.62. The molecular weight excluding hydrogens is 288 g/mol. The largest absolute Gasteiger partial charge is 0.310 e. The number of anilines is 1. The third kappa shape index (κ3) is 3.77. The Hall–Kier alpha value is -1.99. The van der Waals surface area contributed by atoms with Crippen molar-refractivity contribution in [2.45, 2.75) is 30.3 Å². The first kappa shape index (κ1) is 14.0. The third-order valence-corrected chi connectivity index (χ3v) is 4.58. The molecule has 1 fully saturated rings. The van der Waals surface area contributed by atoms with Crippen LogP contribution in [-0.4, -0.2) is 24.4 Å². The van der Waals surface area contributed by atoms with Crippen molar-refractivity contribution >= 4 is 15.8 Å². The number of aromatic nitrogens is 2. The molecule has 0 aliphatic heterocycles. The number of sulfonamides is 1. The van der Waals surface area contributed by atoms with Crippen LogP contribution < -0.4 is 10.0 Å². The van der Waals surface area contributed by atoms with Gasteiger partial charge < -0.3 is 5.32 Å². The molecule has 0 saturated heterocycles. The van der Waals surface area contributed by atoms with Crippen LogP contribution in [-0.2, 0) is 16.6 Å². The van der Waals surface area contributed by atoms with Crippen molar-refractivity contribution in [3.05, 3.63) is 48.4 Å². The number of hydrogen-bond donors (Lipinski definition) is 2. The van der Waals surface area contributed by atoms with Gasteiger partial charge in [-0.1, -0.05) is 12.1 Å². The summed E-state index contributed by atoms with van der Waals surface area (Å²) in [5.41, 5.74) is 1.07. The highest BCUT2D eigenvalue weighted by Gasteiger charge is 2.20. The zero-order chi connectivity index (χ0) is 14.7. The van der Waals surface area contributed by atoms with E-state index in [1.165, 1.54) is 31.4 Å². The van der Waals surface area contributed by atoms with E-state index in [1.54, 1.807) is 12.1 Å². The van der Waals surface area contributed by atoms with Gasteiger partial charge in [0.15, 0.2) is 5.82 Å². The number of nitrogens with one attached hydrogen (secondary N) is 2. The summed E-state index contributed by atoms with van der Waals surface area (Å²) in [5.74, 6) is 0.206. The summed E-state index contributed by atoms with van der Waals surface area (Å²) < 4.78 is 26.8. The Morgan fingerprint density at radius 1 is 1.14 bits per heavy atom. The lowest BCUT2D eigenvalue weighted by molar-refractivity contribution is 0.601. The van der Waals surface area contributed by atoms with Gasteiger partial charge in [-0.2, -0.15) is 0 Å². The van der Waals surface area contributed by atoms with Crippen LogP contribution in [0.1, 0.15) is 18.4 Å². The molecule has 0 amide bonds. The number of benzene rings is 1. The van der Waals surface area contributed by atoms with Crippen LogP contribution in [0.15, 0.2) is 47.8 Å². The predicted molar refractivity (Wildman–Crippen MR) is 79.1 cm³/mol. The van der Waals surface area contributed by atoms with Gasteiger partial charge in [0.05, 0.1) is 11.1 Å². The highest BCUT2D eigenvalue weighted by atomic mass is 32.2. The fraction of sp³-hybridized carbons (Fsp3) is 0.286. The molecule has 6 nitrogen and oxygen atoms in total. The maximum Gasteiger partial charge on any atom is 0.263 e. The molecule has 7 heteroatoms. The summed E-state index contributed by atoms with van der Waals surface area (Å²) in [6, 6.07) is 7.47. The van der Waals surface area contributed by atoms with Crippen LogP contribution >= 0.6 is 0 Å². The smallest absolute Gasteiger partial charge is 0.263 e. The maximum absolute atomic E-state index is 12.2. The average Bonchev–Trinajstić information content (AvgIpc) is 3.30. The van der Waals surface area contributed by atoms with Crippen LogP contribution in [0, 0.1) is 0 Å². The van der Waals surface area contributed by atoms with Gasteiger partial charge in [-0.25, -0.2) is 13.4 Å². The normalized spacial score (nSPS) is 14.9. The highest BCUT2D eigenvalue weighted by Crippen LogP contribution is 2.20. The first-order valence-electron chi connectivity index (χ1n) is 6.75. The molecule has 1 aliphatic rings. The van der Waals surface area contributed by atoms with Crippen molar-refractivity contribution in [1.29, 1.82) is 0 Å². The van der Waals surface area contributed by atoms with Crippen molar-refractivity contribution < 1.29 is 8.42 Å². The lowest BCUT2D eigenvalue weighted by Crippen LogP contribution is -2.16. The lowest BCUT2D eigenvalue weighted by Gasteiger charge is -2.08. The van der Waals surface area contributed by atoms with E-state index in [0.717, 1.165) is 12.1 Å². The third-order valence-electron chi connectivity index (χ3n) is 3.21. The van der Waals surface area contributed by atoms with Gasteiger partial charge in [-0.15, -0.1) is 0 Å². The molecule has 0 spiro atoms. The second-order valence-corrected chi connectivity index (χ2v) is 6.68. The van der Waals surface area contributed by atoms with E-state index in [9.17, 15) is 8.42 Å². The van der Waals surface area contributed by atoms with E-state index in [2.05, 4.69) is 20.0 Å². The van der Waals surface area contributed by atoms with Gasteiger partial charge in [0.25, 0.3) is 10.0 Å². The highest BCUT2D eigenvalue weighted by molar-refractivity contribution is 7.92. The number of hydrogen-bond acceptors (Lipinski definition) is 5. The van der Waals surface area contributed by atoms with Crippen LogP contribution in [0.3, 0.4) is 0 Å². The first-order valence-corrected chi connectivity index (χ1v) is 8.23. The molecular formula is C14H16N4O2S. The summed E-state index contributed by atoms with van der Waals surface area (Å²) in [4.78, 5) is 7.94. The van der Waals surface area contributed by atoms with Gasteiger partial charge in [0.1, 0.15) is 0 Å². The van der Waals surface area contributed by atoms with Crippen LogP contribution in [0.25, 0.3) is 0 Å². The monoisotopic (exact) mass is 304 g/mol. The quantitative estimate of drug-likeness (QED) is 0.845. The van der Waals surface area contributed by atoms with Crippen molar-refractivity contribution in [3.63, 3.8) is 0 Å². The van der Waals surface area contributed by atoms with E-state index in [0.29, 0.717) is 6.04 Å². The fourth-order valence-electron chi connectivity index (χ4n) is 1.88. The minimum Gasteiger partial charge on any atom is -0.310 e. The summed E-state index contributed by atoms with van der Waals surface area (Å²) in [6.07, 6.45) is 6.75. The Labute approximate surface area is 123 Å². The van der Waals surface area contributed by atoms with Crippen molar-refractivity contribution in [1.82, 2.24) is 15.3 Å². The summed E-state index contributed by atoms with van der Waals surface area (Å²) in [6.45, 7) is 0.766. The maximum atomic E-state index is 12.2. The zero-order valence-electron chi connectivity index (χ0n) is 11.4. The van der Waals surface area contributed by atoms with Crippen LogP contribution in [0.5, 0.6) is 0 Å². The van der Waals surface area contributed by atoms with E-state index >= 15 is 0 Å². The van der Waals surface area contributed by atoms with Gasteiger partial charge in [0.2, 0.25) is 0 Å². The molecule has 21 heavy (non-hydrogen) atoms. The lowest BCUT2D eigenvalue weighted by atomic mass is 10.2. The molecule has 0 unspecified atom stereocenters. The number of rotatable bonds is 6. The SMILES string of the molecule is O=S(=O)(Nc1cnccn1)c1ccc(CNC2CC2)cc1. The molecule has 1 aromatic heterocycles. The fourth-order valence-corrected chi connectivity index (χ4v) is 2.88. The van der Waals surface area contributed by atoms with Gasteiger partial charge in [0, 0.05) is 25.0 Å². The molecule has 0 atom stereocenters. The van der Waals surface area contributed by atoms with Crippen molar-refractivity contribution in [3.8, 4) is 0 Å². The number of nitrogens with zero attached hydrogens (tertiary/aromatic N) is 2. The average molecular weight is 304 g/mol. The van der Waals surface area contributed by atoms with E-state index in [4.69, 9.17) is 0 Å². The Morgan fingerprint density at radius 3 is 2.52 bits per heavy atom. The van der Waals surface area contributed by atoms with Crippen LogP contribution in [0.4, 0.5) is 5.82 Å². The van der Waals surface area contributed by atoms with E-state index < -0.39 is 10.0 Å². The second-order valence-electron chi connectivity index (χ2n) is 5.00. The van der Waals surface area contributed by atoms with Gasteiger partial charge >= 0.3 is 0 Å². The second kappa shape index (κ2) is 5.79. The Bertz CT molecular complexity index is 698. The molecule has 1 saturated carbocycles. The molecule has 2 N–H and O–H groups in total. The molecule has 1 aromatic carbocycles. The topological polar surface area (TPSA) is 84.0 Å². The molecule has 1 heterocycles. The summed E-state index contributed by atoms with van der Waals surface area (Å²) >= 11 is 0. The molecule has 2 aromatic rings. The van der Waals surface area contributed by atoms with Crippen molar-refractivity contribution in [2.75, 3.05) is 4.72 Å². The molecule has 1 aliphatic carbocycles. The Morgan fingerprint density at radius 2 is 1.90 bits per heavy atom. The van der Waals surface area contributed by atoms with Gasteiger partial charge in [-0.05, 0) is 30.5 Å². The predicted octanol–water partition coefficient (Wildman–Crippen LogP) is 1.53. The minimum absolute atomic E-state index is 0.206. The van der Waals surface area contributed by atoms with Gasteiger partial charge in [-0.3, -0.25) is 9.71 Å². The van der Waals surface area contributed by atoms with E-state index in [-0.39, 0.29) is 10.7 Å². The molecule has 0 radical (unpaired) electrons. The van der Waals surface area contributed by atoms with E-state index in [1.807, 2.05) is 12.1 Å². The molecule has 110 valence electrons. The molecule has 0 bridgehead atoms. The Balaban J connectivity index is 1.69. The van der Waals surface area contributed by atoms with Crippen molar-refractivity contribution in [2.24, 2.45) is 0 Å². The summed E-state index contributed by atoms with van der Waals surface area (Å²) in [5, 5.41) is 3.39. The first-order chi connectivity index (χ1) is 10.1. The zero-order valence-corrected chi connectivity index (χ0v) is 12.2. The standard InChI is InChI=1S/C14H16N4O2S/c19-21(20,18-14-10-15-7-8-16-14)13-5-1-11(2-6-13)9-17-12-3-4-12/h1-2,5-8,10,12,17H,3-4,9H2,(H,16,18). The Kier molecular flexibility index (Phi) is 3.85. The minimum atomic E-state index is -3.62. The molecule has 3 rings (SSSR count).